The topological polar surface area (TPSA) is 43.2 Å². The molecule has 4 saturated heterocycles. The standard InChI is InChI=1S/C12H13N3O2.C3H6S2.Sn.H/c16-9-7-8(13-1-2-13)12(17)11(15-5-6-15)10(9)14-3-4-14;4-3-1-2-5-3;;/h7H,1-6H2;3-4H,1-2H2;;/q;;+1;/p-1. The van der Waals surface area contributed by atoms with E-state index in [1.165, 1.54) is 39.4 Å². The van der Waals surface area contributed by atoms with Gasteiger partial charge in [0.1, 0.15) is 11.4 Å². The van der Waals surface area contributed by atoms with Crippen LogP contribution >= 0.6 is 20.7 Å². The second kappa shape index (κ2) is 6.55. The molecule has 122 valence electrons. The summed E-state index contributed by atoms with van der Waals surface area (Å²) in [6.45, 7) is 5.41. The summed E-state index contributed by atoms with van der Waals surface area (Å²) >= 11 is 3.48. The fraction of sp³-hybridized carbons (Fsp3) is 0.600. The summed E-state index contributed by atoms with van der Waals surface area (Å²) in [6.07, 6.45) is 2.99. The van der Waals surface area contributed by atoms with Crippen LogP contribution in [0.2, 0.25) is 0 Å². The van der Waals surface area contributed by atoms with E-state index >= 15 is 0 Å². The Morgan fingerprint density at radius 3 is 1.96 bits per heavy atom. The van der Waals surface area contributed by atoms with Crippen molar-refractivity contribution in [1.29, 1.82) is 0 Å². The van der Waals surface area contributed by atoms with Gasteiger partial charge in [0, 0.05) is 45.3 Å². The van der Waals surface area contributed by atoms with Crippen molar-refractivity contribution < 1.29 is 9.59 Å². The molecule has 5 aliphatic rings. The number of carbonyl (C=O) groups is 2. The van der Waals surface area contributed by atoms with Crippen LogP contribution in [0, 0.1) is 0 Å². The number of ketones is 2. The van der Waals surface area contributed by atoms with Crippen molar-refractivity contribution >= 4 is 53.4 Å². The summed E-state index contributed by atoms with van der Waals surface area (Å²) in [7, 11) is 2.10. The van der Waals surface area contributed by atoms with Gasteiger partial charge in [-0.25, -0.2) is 0 Å². The minimum absolute atomic E-state index is 0.00546. The van der Waals surface area contributed by atoms with Crippen LogP contribution in [0.5, 0.6) is 0 Å². The van der Waals surface area contributed by atoms with Gasteiger partial charge in [-0.2, -0.15) is 0 Å². The Morgan fingerprint density at radius 2 is 1.57 bits per heavy atom. The molecule has 0 aromatic heterocycles. The van der Waals surface area contributed by atoms with E-state index in [0.717, 1.165) is 43.9 Å². The zero-order valence-corrected chi connectivity index (χ0v) is 17.8. The number of Topliss-reactive ketones (excluding diaryl/α,β-unsaturated/α-hetero) is 1. The molecule has 4 aliphatic heterocycles. The molecule has 5 rings (SSSR count). The average molecular weight is 456 g/mol. The Bertz CT molecular complexity index is 603. The molecule has 1 atom stereocenters. The summed E-state index contributed by atoms with van der Waals surface area (Å²) in [6, 6.07) is 0. The second-order valence-corrected chi connectivity index (χ2v) is 10.9. The molecule has 0 N–H and O–H groups in total. The van der Waals surface area contributed by atoms with Crippen molar-refractivity contribution in [2.24, 2.45) is 0 Å². The summed E-state index contributed by atoms with van der Waals surface area (Å²) < 4.78 is 1.01. The van der Waals surface area contributed by atoms with Gasteiger partial charge in [-0.15, -0.1) is 0 Å². The predicted octanol–water partition coefficient (Wildman–Crippen LogP) is 0.179. The Hall–Kier alpha value is -0.281. The van der Waals surface area contributed by atoms with E-state index in [1.54, 1.807) is 0 Å². The summed E-state index contributed by atoms with van der Waals surface area (Å²) in [5.41, 5.74) is 1.89. The van der Waals surface area contributed by atoms with Crippen LogP contribution in [0.3, 0.4) is 0 Å². The molecule has 1 aliphatic carbocycles. The van der Waals surface area contributed by atoms with Gasteiger partial charge >= 0.3 is 58.6 Å². The molecule has 8 heteroatoms. The van der Waals surface area contributed by atoms with Crippen LogP contribution < -0.4 is 0 Å². The maximum absolute atomic E-state index is 12.4. The molecule has 0 bridgehead atoms. The third-order valence-electron chi connectivity index (χ3n) is 4.30. The maximum atomic E-state index is 12.4. The van der Waals surface area contributed by atoms with E-state index in [4.69, 9.17) is 0 Å². The number of carbonyl (C=O) groups excluding carboxylic acids is 2. The van der Waals surface area contributed by atoms with Gasteiger partial charge < -0.3 is 14.7 Å². The summed E-state index contributed by atoms with van der Waals surface area (Å²) in [5, 5.41) is 0. The van der Waals surface area contributed by atoms with Crippen molar-refractivity contribution in [1.82, 2.24) is 14.7 Å². The fourth-order valence-electron chi connectivity index (χ4n) is 2.60. The van der Waals surface area contributed by atoms with Crippen LogP contribution in [0.1, 0.15) is 6.42 Å². The van der Waals surface area contributed by atoms with E-state index in [0.29, 0.717) is 17.1 Å². The molecule has 4 fully saturated rings. The van der Waals surface area contributed by atoms with Crippen LogP contribution in [-0.2, 0) is 9.59 Å². The number of nitrogens with zero attached hydrogens (tertiary/aromatic N) is 3. The quantitative estimate of drug-likeness (QED) is 0.340. The molecule has 4 heterocycles. The summed E-state index contributed by atoms with van der Waals surface area (Å²) in [4.78, 5) is 30.5. The number of thioether (sulfide) groups is 1. The van der Waals surface area contributed by atoms with Gasteiger partial charge in [0.25, 0.3) is 0 Å². The van der Waals surface area contributed by atoms with Gasteiger partial charge in [-0.05, 0) is 0 Å². The van der Waals surface area contributed by atoms with Crippen LogP contribution in [0.15, 0.2) is 23.2 Å². The molecular formula is C15H19N3O2S2Sn. The Kier molecular flexibility index (Phi) is 4.62. The normalized spacial score (nSPS) is 28.1. The van der Waals surface area contributed by atoms with Crippen LogP contribution in [0.25, 0.3) is 0 Å². The van der Waals surface area contributed by atoms with Crippen molar-refractivity contribution in [3.63, 3.8) is 0 Å². The molecule has 2 radical (unpaired) electrons. The molecule has 0 aromatic carbocycles. The Balaban J connectivity index is 0.000000192. The van der Waals surface area contributed by atoms with Crippen LogP contribution in [0.4, 0.5) is 0 Å². The first-order valence-electron chi connectivity index (χ1n) is 7.96. The molecule has 0 amide bonds. The number of hydrogen-bond acceptors (Lipinski definition) is 7. The predicted molar refractivity (Wildman–Crippen MR) is 95.4 cm³/mol. The van der Waals surface area contributed by atoms with E-state index < -0.39 is 0 Å². The SMILES string of the molecule is O=C1C=C(N2CC2)C(=O)C(N2CC2)=C1N1CC1.[SnH][S]C1CCS1. The van der Waals surface area contributed by atoms with E-state index in [2.05, 4.69) is 20.7 Å². The first-order chi connectivity index (χ1) is 11.2. The van der Waals surface area contributed by atoms with Crippen LogP contribution in [-0.4, -0.2) is 97.0 Å². The summed E-state index contributed by atoms with van der Waals surface area (Å²) in [5.74, 6) is 1.46. The van der Waals surface area contributed by atoms with E-state index in [-0.39, 0.29) is 11.6 Å². The van der Waals surface area contributed by atoms with Gasteiger partial charge in [-0.3, -0.25) is 9.59 Å². The zero-order chi connectivity index (χ0) is 16.0. The Labute approximate surface area is 156 Å². The van der Waals surface area contributed by atoms with Crippen molar-refractivity contribution in [2.45, 2.75) is 11.0 Å². The van der Waals surface area contributed by atoms with Gasteiger partial charge in [0.05, 0.1) is 5.70 Å². The number of allylic oxidation sites excluding steroid dienone is 1. The molecular weight excluding hydrogens is 437 g/mol. The van der Waals surface area contributed by atoms with E-state index in [1.807, 2.05) is 14.7 Å². The van der Waals surface area contributed by atoms with Crippen molar-refractivity contribution in [3.05, 3.63) is 23.2 Å². The third-order valence-corrected chi connectivity index (χ3v) is 11.2. The molecule has 0 aromatic rings. The molecule has 1 unspecified atom stereocenters. The van der Waals surface area contributed by atoms with Gasteiger partial charge in [0.2, 0.25) is 11.6 Å². The molecule has 23 heavy (non-hydrogen) atoms. The monoisotopic (exact) mass is 457 g/mol. The van der Waals surface area contributed by atoms with Gasteiger partial charge in [0.15, 0.2) is 0 Å². The minimum atomic E-state index is 0.00546. The Morgan fingerprint density at radius 1 is 1.00 bits per heavy atom. The van der Waals surface area contributed by atoms with Crippen molar-refractivity contribution in [2.75, 3.05) is 45.0 Å². The van der Waals surface area contributed by atoms with Gasteiger partial charge in [-0.1, -0.05) is 0 Å². The first-order valence-corrected chi connectivity index (χ1v) is 14.0. The number of rotatable bonds is 4. The zero-order valence-electron chi connectivity index (χ0n) is 12.9. The second-order valence-electron chi connectivity index (χ2n) is 6.11. The average Bonchev–Trinajstić information content (AvgIpc) is 3.36. The first kappa shape index (κ1) is 16.2. The number of hydrogen-bond donors (Lipinski definition) is 0. The molecule has 0 saturated carbocycles. The molecule has 0 spiro atoms. The fourth-order valence-corrected chi connectivity index (χ4v) is 7.24. The van der Waals surface area contributed by atoms with Crippen molar-refractivity contribution in [3.8, 4) is 0 Å². The third kappa shape index (κ3) is 3.56. The molecule has 5 nitrogen and oxygen atoms in total. The van der Waals surface area contributed by atoms with E-state index in [9.17, 15) is 9.59 Å².